The zero-order valence-corrected chi connectivity index (χ0v) is 14.2. The number of Topliss-reactive ketones (excluding diaryl/α,β-unsaturated/α-hetero) is 1. The third-order valence-corrected chi connectivity index (χ3v) is 6.07. The maximum absolute atomic E-state index is 12.5. The topological polar surface area (TPSA) is 66.8 Å². The summed E-state index contributed by atoms with van der Waals surface area (Å²) in [5, 5.41) is 1.69. The minimum absolute atomic E-state index is 0.141. The van der Waals surface area contributed by atoms with E-state index in [0.717, 1.165) is 11.3 Å². The molecule has 1 aliphatic carbocycles. The van der Waals surface area contributed by atoms with E-state index in [-0.39, 0.29) is 15.7 Å². The van der Waals surface area contributed by atoms with Gasteiger partial charge in [0, 0.05) is 25.2 Å². The van der Waals surface area contributed by atoms with Crippen molar-refractivity contribution < 1.29 is 13.2 Å². The van der Waals surface area contributed by atoms with Crippen LogP contribution in [0.4, 0.5) is 0 Å². The van der Waals surface area contributed by atoms with Crippen LogP contribution in [0.25, 0.3) is 0 Å². The second-order valence-electron chi connectivity index (χ2n) is 5.18. The number of hydrogen-bond donors (Lipinski definition) is 0. The second kappa shape index (κ2) is 5.75. The number of rotatable bonds is 3. The number of likely N-dealkylation sites (N-methyl/N-ethyl adjacent to an activating group) is 1. The van der Waals surface area contributed by atoms with Gasteiger partial charge in [-0.2, -0.15) is 12.8 Å². The summed E-state index contributed by atoms with van der Waals surface area (Å²) in [4.78, 5) is 14.1. The number of allylic oxidation sites excluding steroid dienone is 2. The number of nitrogens with zero attached hydrogens (tertiary/aromatic N) is 2. The summed E-state index contributed by atoms with van der Waals surface area (Å²) in [7, 11) is -0.316. The summed E-state index contributed by atoms with van der Waals surface area (Å²) < 4.78 is 29.0. The van der Waals surface area contributed by atoms with Gasteiger partial charge in [0.15, 0.2) is 0 Å². The highest BCUT2D eigenvalue weighted by Gasteiger charge is 2.27. The fourth-order valence-corrected chi connectivity index (χ4v) is 4.27. The Morgan fingerprint density at radius 3 is 2.35 bits per heavy atom. The molecule has 0 N–H and O–H groups in total. The number of sulfonamides is 1. The first-order valence-electron chi connectivity index (χ1n) is 6.82. The molecule has 0 aliphatic heterocycles. The zero-order valence-electron chi connectivity index (χ0n) is 12.6. The molecule has 0 spiro atoms. The van der Waals surface area contributed by atoms with Gasteiger partial charge in [-0.25, -0.2) is 0 Å². The van der Waals surface area contributed by atoms with Crippen LogP contribution in [-0.2, 0) is 10.0 Å². The van der Waals surface area contributed by atoms with Gasteiger partial charge in [0.2, 0.25) is 5.78 Å². The van der Waals surface area contributed by atoms with Crippen LogP contribution >= 0.6 is 11.3 Å². The van der Waals surface area contributed by atoms with Gasteiger partial charge in [-0.15, -0.1) is 11.3 Å². The highest BCUT2D eigenvalue weighted by Crippen LogP contribution is 2.25. The second-order valence-corrected chi connectivity index (χ2v) is 7.96. The Labute approximate surface area is 138 Å². The average molecular weight is 346 g/mol. The fourth-order valence-electron chi connectivity index (χ4n) is 2.31. The molecule has 0 amide bonds. The monoisotopic (exact) mass is 346 g/mol. The summed E-state index contributed by atoms with van der Waals surface area (Å²) in [5.74, 6) is -0.141. The lowest BCUT2D eigenvalue weighted by Gasteiger charge is -2.22. The molecule has 7 heteroatoms. The summed E-state index contributed by atoms with van der Waals surface area (Å²) >= 11 is 1.11. The van der Waals surface area contributed by atoms with E-state index in [2.05, 4.69) is 4.40 Å². The minimum atomic E-state index is -3.79. The van der Waals surface area contributed by atoms with Crippen LogP contribution in [0.3, 0.4) is 0 Å². The first-order valence-corrected chi connectivity index (χ1v) is 9.14. The van der Waals surface area contributed by atoms with Gasteiger partial charge in [-0.1, -0.05) is 30.3 Å². The summed E-state index contributed by atoms with van der Waals surface area (Å²) in [5.41, 5.74) is 1.67. The predicted molar refractivity (Wildman–Crippen MR) is 90.6 cm³/mol. The van der Waals surface area contributed by atoms with Gasteiger partial charge in [0.05, 0.1) is 11.4 Å². The fraction of sp³-hybridized carbons (Fsp3) is 0.125. The van der Waals surface area contributed by atoms with Crippen molar-refractivity contribution in [3.8, 4) is 0 Å². The van der Waals surface area contributed by atoms with E-state index in [1.54, 1.807) is 54.7 Å². The normalized spacial score (nSPS) is 16.2. The molecule has 0 atom stereocenters. The zero-order chi connectivity index (χ0) is 16.6. The molecule has 0 saturated carbocycles. The lowest BCUT2D eigenvalue weighted by atomic mass is 9.92. The minimum Gasteiger partial charge on any atom is -0.374 e. The van der Waals surface area contributed by atoms with Gasteiger partial charge in [0.25, 0.3) is 10.0 Å². The smallest absolute Gasteiger partial charge is 0.292 e. The Kier molecular flexibility index (Phi) is 3.91. The van der Waals surface area contributed by atoms with Crippen LogP contribution in [0.1, 0.15) is 15.9 Å². The molecule has 1 aliphatic rings. The number of carbonyl (C=O) groups is 1. The van der Waals surface area contributed by atoms with Crippen molar-refractivity contribution >= 4 is 32.9 Å². The number of thiophene rings is 1. The Morgan fingerprint density at radius 2 is 1.74 bits per heavy atom. The largest absolute Gasteiger partial charge is 0.374 e. The van der Waals surface area contributed by atoms with Gasteiger partial charge < -0.3 is 4.90 Å². The molecule has 0 bridgehead atoms. The molecular formula is C16H14N2O3S2. The molecule has 118 valence electrons. The first kappa shape index (κ1) is 15.6. The molecule has 3 rings (SSSR count). The third kappa shape index (κ3) is 2.85. The summed E-state index contributed by atoms with van der Waals surface area (Å²) in [6, 6.07) is 10.1. The van der Waals surface area contributed by atoms with Crippen LogP contribution < -0.4 is 0 Å². The van der Waals surface area contributed by atoms with Crippen LogP contribution in [0.5, 0.6) is 0 Å². The molecule has 0 unspecified atom stereocenters. The molecule has 23 heavy (non-hydrogen) atoms. The molecule has 0 fully saturated rings. The van der Waals surface area contributed by atoms with Gasteiger partial charge in [-0.05, 0) is 17.5 Å². The number of fused-ring (bicyclic) bond motifs is 1. The lowest BCUT2D eigenvalue weighted by molar-refractivity contribution is 0.100. The number of hydrogen-bond acceptors (Lipinski definition) is 5. The SMILES string of the molecule is CN(C)C1=C/C(=N\S(=O)(=O)c2cccs2)c2ccccc2C1=O. The molecule has 0 saturated heterocycles. The van der Waals surface area contributed by atoms with Crippen molar-refractivity contribution in [3.05, 3.63) is 64.7 Å². The lowest BCUT2D eigenvalue weighted by Crippen LogP contribution is -2.26. The van der Waals surface area contributed by atoms with Crippen molar-refractivity contribution in [2.75, 3.05) is 14.1 Å². The average Bonchev–Trinajstić information content (AvgIpc) is 3.05. The van der Waals surface area contributed by atoms with Gasteiger partial charge in [-0.3, -0.25) is 4.79 Å². The number of benzene rings is 1. The van der Waals surface area contributed by atoms with E-state index in [1.165, 1.54) is 12.1 Å². The third-order valence-electron chi connectivity index (χ3n) is 3.40. The van der Waals surface area contributed by atoms with Crippen LogP contribution in [0, 0.1) is 0 Å². The van der Waals surface area contributed by atoms with Crippen molar-refractivity contribution in [3.63, 3.8) is 0 Å². The van der Waals surface area contributed by atoms with Crippen LogP contribution in [0.15, 0.2) is 62.2 Å². The van der Waals surface area contributed by atoms with Crippen molar-refractivity contribution in [1.29, 1.82) is 0 Å². The van der Waals surface area contributed by atoms with E-state index in [9.17, 15) is 13.2 Å². The Hall–Kier alpha value is -2.25. The van der Waals surface area contributed by atoms with Crippen LogP contribution in [0.2, 0.25) is 0 Å². The van der Waals surface area contributed by atoms with E-state index < -0.39 is 10.0 Å². The molecule has 1 heterocycles. The maximum atomic E-state index is 12.5. The summed E-state index contributed by atoms with van der Waals surface area (Å²) in [6.07, 6.45) is 1.52. The Bertz CT molecular complexity index is 924. The highest BCUT2D eigenvalue weighted by molar-refractivity contribution is 7.92. The predicted octanol–water partition coefficient (Wildman–Crippen LogP) is 2.57. The molecule has 1 aromatic heterocycles. The Balaban J connectivity index is 2.21. The molecule has 1 aromatic carbocycles. The molecule has 2 aromatic rings. The Morgan fingerprint density at radius 1 is 1.04 bits per heavy atom. The molecular weight excluding hydrogens is 332 g/mol. The number of carbonyl (C=O) groups excluding carboxylic acids is 1. The quantitative estimate of drug-likeness (QED) is 0.857. The first-order chi connectivity index (χ1) is 10.9. The molecule has 0 radical (unpaired) electrons. The van der Waals surface area contributed by atoms with E-state index in [4.69, 9.17) is 0 Å². The van der Waals surface area contributed by atoms with E-state index >= 15 is 0 Å². The van der Waals surface area contributed by atoms with E-state index in [1.807, 2.05) is 0 Å². The standard InChI is InChI=1S/C16H14N2O3S2/c1-18(2)14-10-13(11-6-3-4-7-12(11)16(14)19)17-23(20,21)15-8-5-9-22-15/h3-10H,1-2H3/b17-13+. The molecule has 5 nitrogen and oxygen atoms in total. The maximum Gasteiger partial charge on any atom is 0.292 e. The van der Waals surface area contributed by atoms with Gasteiger partial charge >= 0.3 is 0 Å². The van der Waals surface area contributed by atoms with Gasteiger partial charge in [0.1, 0.15) is 4.21 Å². The van der Waals surface area contributed by atoms with Crippen molar-refractivity contribution in [1.82, 2.24) is 4.90 Å². The van der Waals surface area contributed by atoms with Crippen molar-refractivity contribution in [2.24, 2.45) is 4.40 Å². The van der Waals surface area contributed by atoms with E-state index in [0.29, 0.717) is 16.8 Å². The van der Waals surface area contributed by atoms with Crippen LogP contribution in [-0.4, -0.2) is 38.9 Å². The van der Waals surface area contributed by atoms with Crippen molar-refractivity contribution in [2.45, 2.75) is 4.21 Å². The summed E-state index contributed by atoms with van der Waals surface area (Å²) in [6.45, 7) is 0. The number of ketones is 1. The highest BCUT2D eigenvalue weighted by atomic mass is 32.2.